The Balaban J connectivity index is 1.82. The summed E-state index contributed by atoms with van der Waals surface area (Å²) < 4.78 is 15.3. The molecule has 0 unspecified atom stereocenters. The Labute approximate surface area is 166 Å². The molecule has 1 aliphatic rings. The molecule has 2 aromatic carbocycles. The second kappa shape index (κ2) is 8.01. The van der Waals surface area contributed by atoms with Crippen LogP contribution in [0.4, 0.5) is 10.5 Å². The number of carbonyl (C=O) groups excluding carboxylic acids is 4. The summed E-state index contributed by atoms with van der Waals surface area (Å²) in [5.74, 6) is -1.34. The molecule has 1 saturated heterocycles. The molecular formula is C20H18N2O7. The lowest BCUT2D eigenvalue weighted by molar-refractivity contribution is -0.139. The minimum Gasteiger partial charge on any atom is -0.497 e. The Kier molecular flexibility index (Phi) is 5.49. The van der Waals surface area contributed by atoms with E-state index in [0.717, 1.165) is 4.90 Å². The summed E-state index contributed by atoms with van der Waals surface area (Å²) in [5, 5.41) is 0. The lowest BCUT2D eigenvalue weighted by Gasteiger charge is -2.15. The van der Waals surface area contributed by atoms with E-state index in [-0.39, 0.29) is 11.3 Å². The van der Waals surface area contributed by atoms with Gasteiger partial charge in [-0.15, -0.1) is 0 Å². The molecule has 9 nitrogen and oxygen atoms in total. The van der Waals surface area contributed by atoms with Gasteiger partial charge in [-0.3, -0.25) is 14.4 Å². The molecule has 0 atom stereocenters. The predicted octanol–water partition coefficient (Wildman–Crippen LogP) is 1.89. The normalized spacial score (nSPS) is 13.7. The number of hydrogen-bond acceptors (Lipinski definition) is 7. The highest BCUT2D eigenvalue weighted by atomic mass is 16.5. The summed E-state index contributed by atoms with van der Waals surface area (Å²) in [6.45, 7) is -0.578. The van der Waals surface area contributed by atoms with Crippen LogP contribution in [0, 0.1) is 0 Å². The second-order valence-electron chi connectivity index (χ2n) is 6.01. The third-order valence-electron chi connectivity index (χ3n) is 4.39. The van der Waals surface area contributed by atoms with Crippen molar-refractivity contribution in [3.05, 3.63) is 48.0 Å². The van der Waals surface area contributed by atoms with E-state index in [4.69, 9.17) is 14.2 Å². The molecule has 150 valence electrons. The van der Waals surface area contributed by atoms with Crippen molar-refractivity contribution < 1.29 is 33.4 Å². The van der Waals surface area contributed by atoms with Crippen LogP contribution in [-0.2, 0) is 9.59 Å². The van der Waals surface area contributed by atoms with Gasteiger partial charge in [0.2, 0.25) is 0 Å². The number of rotatable bonds is 7. The molecular weight excluding hydrogens is 380 g/mol. The minimum atomic E-state index is -1.07. The Morgan fingerprint density at radius 2 is 1.48 bits per heavy atom. The number of ketones is 1. The van der Waals surface area contributed by atoms with Crippen LogP contribution >= 0.6 is 0 Å². The van der Waals surface area contributed by atoms with E-state index in [1.165, 1.54) is 51.7 Å². The molecule has 29 heavy (non-hydrogen) atoms. The first-order valence-electron chi connectivity index (χ1n) is 8.50. The van der Waals surface area contributed by atoms with Crippen LogP contribution in [0.3, 0.4) is 0 Å². The zero-order valence-corrected chi connectivity index (χ0v) is 16.0. The van der Waals surface area contributed by atoms with Gasteiger partial charge in [0.15, 0.2) is 17.3 Å². The number of urea groups is 1. The number of Topliss-reactive ketones (excluding diaryl/α,β-unsaturated/α-hetero) is 1. The van der Waals surface area contributed by atoms with Gasteiger partial charge in [0, 0.05) is 5.56 Å². The number of carbonyl (C=O) groups is 4. The fourth-order valence-electron chi connectivity index (χ4n) is 2.85. The van der Waals surface area contributed by atoms with Crippen molar-refractivity contribution in [3.8, 4) is 17.2 Å². The Hall–Kier alpha value is -3.88. The third-order valence-corrected chi connectivity index (χ3v) is 4.39. The van der Waals surface area contributed by atoms with Crippen molar-refractivity contribution >= 4 is 29.3 Å². The van der Waals surface area contributed by atoms with Gasteiger partial charge in [-0.25, -0.2) is 14.6 Å². The number of amides is 4. The molecule has 0 bridgehead atoms. The van der Waals surface area contributed by atoms with E-state index in [1.807, 2.05) is 0 Å². The Morgan fingerprint density at radius 1 is 0.828 bits per heavy atom. The monoisotopic (exact) mass is 398 g/mol. The van der Waals surface area contributed by atoms with Crippen molar-refractivity contribution in [2.75, 3.05) is 32.8 Å². The summed E-state index contributed by atoms with van der Waals surface area (Å²) in [4.78, 5) is 51.2. The molecule has 9 heteroatoms. The predicted molar refractivity (Wildman–Crippen MR) is 101 cm³/mol. The molecule has 1 heterocycles. The van der Waals surface area contributed by atoms with Crippen LogP contribution in [-0.4, -0.2) is 56.4 Å². The maximum atomic E-state index is 12.7. The highest BCUT2D eigenvalue weighted by Gasteiger charge is 2.46. The van der Waals surface area contributed by atoms with Crippen LogP contribution < -0.4 is 19.1 Å². The largest absolute Gasteiger partial charge is 0.497 e. The van der Waals surface area contributed by atoms with E-state index in [9.17, 15) is 19.2 Å². The smallest absolute Gasteiger partial charge is 0.339 e. The molecule has 0 aliphatic carbocycles. The van der Waals surface area contributed by atoms with E-state index >= 15 is 0 Å². The number of imide groups is 2. The Bertz CT molecular complexity index is 985. The molecule has 4 amide bonds. The average Bonchev–Trinajstić information content (AvgIpc) is 2.96. The van der Waals surface area contributed by atoms with Gasteiger partial charge in [0.1, 0.15) is 5.75 Å². The third kappa shape index (κ3) is 3.62. The molecule has 1 fully saturated rings. The van der Waals surface area contributed by atoms with Gasteiger partial charge in [-0.2, -0.15) is 0 Å². The number of methoxy groups -OCH3 is 3. The van der Waals surface area contributed by atoms with Gasteiger partial charge in [-0.05, 0) is 42.5 Å². The highest BCUT2D eigenvalue weighted by Crippen LogP contribution is 2.28. The zero-order valence-electron chi connectivity index (χ0n) is 16.0. The average molecular weight is 398 g/mol. The van der Waals surface area contributed by atoms with Crippen LogP contribution in [0.2, 0.25) is 0 Å². The van der Waals surface area contributed by atoms with Crippen molar-refractivity contribution in [2.45, 2.75) is 0 Å². The van der Waals surface area contributed by atoms with E-state index in [2.05, 4.69) is 0 Å². The van der Waals surface area contributed by atoms with Crippen molar-refractivity contribution in [2.24, 2.45) is 0 Å². The second-order valence-corrected chi connectivity index (χ2v) is 6.01. The standard InChI is InChI=1S/C20H18N2O7/c1-27-14-7-5-13(6-8-14)22-19(25)18(24)21(20(22)26)11-15(23)12-4-9-16(28-2)17(10-12)29-3/h4-10H,11H2,1-3H3. The van der Waals surface area contributed by atoms with Crippen molar-refractivity contribution in [1.82, 2.24) is 4.90 Å². The summed E-state index contributed by atoms with van der Waals surface area (Å²) in [6.07, 6.45) is 0. The molecule has 1 aliphatic heterocycles. The molecule has 3 rings (SSSR count). The van der Waals surface area contributed by atoms with E-state index in [0.29, 0.717) is 22.1 Å². The van der Waals surface area contributed by atoms with Crippen LogP contribution in [0.5, 0.6) is 17.2 Å². The summed E-state index contributed by atoms with van der Waals surface area (Å²) in [5.41, 5.74) is 0.411. The van der Waals surface area contributed by atoms with Gasteiger partial charge in [0.05, 0.1) is 33.6 Å². The molecule has 0 N–H and O–H groups in total. The topological polar surface area (TPSA) is 102 Å². The molecule has 0 radical (unpaired) electrons. The fraction of sp³-hybridized carbons (Fsp3) is 0.200. The fourth-order valence-corrected chi connectivity index (χ4v) is 2.85. The van der Waals surface area contributed by atoms with Gasteiger partial charge < -0.3 is 14.2 Å². The van der Waals surface area contributed by atoms with Gasteiger partial charge in [-0.1, -0.05) is 0 Å². The maximum absolute atomic E-state index is 12.7. The Morgan fingerprint density at radius 3 is 2.07 bits per heavy atom. The number of hydrogen-bond donors (Lipinski definition) is 0. The first-order valence-corrected chi connectivity index (χ1v) is 8.50. The number of benzene rings is 2. The lowest BCUT2D eigenvalue weighted by atomic mass is 10.1. The quantitative estimate of drug-likeness (QED) is 0.399. The van der Waals surface area contributed by atoms with E-state index in [1.54, 1.807) is 12.1 Å². The zero-order chi connectivity index (χ0) is 21.1. The minimum absolute atomic E-state index is 0.204. The first-order chi connectivity index (χ1) is 13.9. The lowest BCUT2D eigenvalue weighted by Crippen LogP contribution is -2.37. The van der Waals surface area contributed by atoms with Gasteiger partial charge >= 0.3 is 17.8 Å². The molecule has 0 saturated carbocycles. The SMILES string of the molecule is COc1ccc(N2C(=O)C(=O)N(CC(=O)c3ccc(OC)c(OC)c3)C2=O)cc1. The number of anilines is 1. The molecule has 2 aromatic rings. The number of ether oxygens (including phenoxy) is 3. The van der Waals surface area contributed by atoms with Crippen molar-refractivity contribution in [3.63, 3.8) is 0 Å². The van der Waals surface area contributed by atoms with Crippen LogP contribution in [0.25, 0.3) is 0 Å². The summed E-state index contributed by atoms with van der Waals surface area (Å²) in [7, 11) is 4.36. The highest BCUT2D eigenvalue weighted by molar-refractivity contribution is 6.53. The van der Waals surface area contributed by atoms with Gasteiger partial charge in [0.25, 0.3) is 0 Å². The number of nitrogens with zero attached hydrogens (tertiary/aromatic N) is 2. The van der Waals surface area contributed by atoms with Crippen LogP contribution in [0.15, 0.2) is 42.5 Å². The molecule has 0 aromatic heterocycles. The van der Waals surface area contributed by atoms with Crippen molar-refractivity contribution in [1.29, 1.82) is 0 Å². The first kappa shape index (κ1) is 19.9. The molecule has 0 spiro atoms. The summed E-state index contributed by atoms with van der Waals surface area (Å²) in [6, 6.07) is 9.62. The maximum Gasteiger partial charge on any atom is 0.339 e. The van der Waals surface area contributed by atoms with E-state index < -0.39 is 30.2 Å². The van der Waals surface area contributed by atoms with Crippen LogP contribution in [0.1, 0.15) is 10.4 Å². The summed E-state index contributed by atoms with van der Waals surface area (Å²) >= 11 is 0.